The Labute approximate surface area is 128 Å². The molecule has 1 fully saturated rings. The zero-order valence-corrected chi connectivity index (χ0v) is 13.6. The van der Waals surface area contributed by atoms with Crippen molar-refractivity contribution in [3.63, 3.8) is 0 Å². The van der Waals surface area contributed by atoms with E-state index < -0.39 is 0 Å². The van der Waals surface area contributed by atoms with Crippen LogP contribution in [0.15, 0.2) is 6.07 Å². The Morgan fingerprint density at radius 2 is 2.30 bits per heavy atom. The van der Waals surface area contributed by atoms with Crippen molar-refractivity contribution in [1.29, 1.82) is 0 Å². The molecule has 0 amide bonds. The molecule has 2 aromatic rings. The fourth-order valence-corrected chi connectivity index (χ4v) is 4.03. The summed E-state index contributed by atoms with van der Waals surface area (Å²) in [5, 5.41) is 1.45. The monoisotopic (exact) mass is 310 g/mol. The third-order valence-corrected chi connectivity index (χ3v) is 4.96. The van der Waals surface area contributed by atoms with Gasteiger partial charge in [-0.3, -0.25) is 0 Å². The first kappa shape index (κ1) is 14.0. The van der Waals surface area contributed by atoms with E-state index in [0.29, 0.717) is 11.2 Å². The molecule has 108 valence electrons. The fourth-order valence-electron chi connectivity index (χ4n) is 2.94. The highest BCUT2D eigenvalue weighted by Crippen LogP contribution is 2.32. The van der Waals surface area contributed by atoms with Crippen LogP contribution in [0.1, 0.15) is 11.3 Å². The molecule has 0 N–H and O–H groups in total. The molecule has 0 aromatic carbocycles. The van der Waals surface area contributed by atoms with E-state index in [1.165, 1.54) is 17.8 Å². The number of rotatable bonds is 3. The lowest BCUT2D eigenvalue weighted by molar-refractivity contribution is 0.395. The Bertz CT molecular complexity index is 627. The van der Waals surface area contributed by atoms with Crippen LogP contribution in [0.4, 0.5) is 5.82 Å². The predicted octanol–water partition coefficient (Wildman–Crippen LogP) is 3.04. The normalized spacial score (nSPS) is 19.9. The number of fused-ring (bicyclic) bond motifs is 1. The second-order valence-electron chi connectivity index (χ2n) is 5.69. The fraction of sp³-hybridized carbons (Fsp3) is 0.571. The predicted molar refractivity (Wildman–Crippen MR) is 86.0 cm³/mol. The quantitative estimate of drug-likeness (QED) is 0.816. The van der Waals surface area contributed by atoms with E-state index in [-0.39, 0.29) is 0 Å². The molecule has 6 heteroatoms. The first-order valence-electron chi connectivity index (χ1n) is 6.86. The van der Waals surface area contributed by atoms with Crippen molar-refractivity contribution in [3.05, 3.63) is 16.2 Å². The number of halogens is 1. The van der Waals surface area contributed by atoms with Crippen LogP contribution >= 0.6 is 22.9 Å². The number of likely N-dealkylation sites (tertiary alicyclic amines) is 1. The van der Waals surface area contributed by atoms with Crippen molar-refractivity contribution in [2.45, 2.75) is 13.3 Å². The third-order valence-electron chi connectivity index (χ3n) is 3.85. The minimum Gasteiger partial charge on any atom is -0.359 e. The Kier molecular flexibility index (Phi) is 3.84. The molecule has 1 aliphatic rings. The topological polar surface area (TPSA) is 32.3 Å². The number of nitrogens with zero attached hydrogens (tertiary/aromatic N) is 4. The summed E-state index contributed by atoms with van der Waals surface area (Å²) >= 11 is 7.74. The summed E-state index contributed by atoms with van der Waals surface area (Å²) in [7, 11) is 4.28. The van der Waals surface area contributed by atoms with E-state index in [1.807, 2.05) is 0 Å². The molecule has 20 heavy (non-hydrogen) atoms. The highest BCUT2D eigenvalue weighted by molar-refractivity contribution is 7.18. The number of anilines is 1. The van der Waals surface area contributed by atoms with Gasteiger partial charge in [0.2, 0.25) is 5.28 Å². The van der Waals surface area contributed by atoms with Crippen LogP contribution in [-0.4, -0.2) is 48.6 Å². The smallest absolute Gasteiger partial charge is 0.225 e. The second-order valence-corrected chi connectivity index (χ2v) is 7.26. The van der Waals surface area contributed by atoms with Crippen molar-refractivity contribution in [1.82, 2.24) is 14.9 Å². The van der Waals surface area contributed by atoms with E-state index in [1.54, 1.807) is 11.3 Å². The molecule has 1 aliphatic heterocycles. The van der Waals surface area contributed by atoms with Gasteiger partial charge in [0.1, 0.15) is 10.6 Å². The lowest BCUT2D eigenvalue weighted by atomic mass is 10.1. The largest absolute Gasteiger partial charge is 0.359 e. The van der Waals surface area contributed by atoms with E-state index in [0.717, 1.165) is 29.1 Å². The van der Waals surface area contributed by atoms with Gasteiger partial charge in [0.25, 0.3) is 0 Å². The van der Waals surface area contributed by atoms with Crippen LogP contribution in [-0.2, 0) is 0 Å². The van der Waals surface area contributed by atoms with Crippen molar-refractivity contribution < 1.29 is 0 Å². The zero-order chi connectivity index (χ0) is 14.3. The Hall–Kier alpha value is -0.910. The number of aryl methyl sites for hydroxylation is 1. The maximum Gasteiger partial charge on any atom is 0.225 e. The summed E-state index contributed by atoms with van der Waals surface area (Å²) in [6, 6.07) is 2.16. The van der Waals surface area contributed by atoms with Gasteiger partial charge in [0, 0.05) is 25.0 Å². The van der Waals surface area contributed by atoms with Gasteiger partial charge < -0.3 is 9.80 Å². The summed E-state index contributed by atoms with van der Waals surface area (Å²) in [6.07, 6.45) is 1.26. The first-order valence-corrected chi connectivity index (χ1v) is 8.05. The van der Waals surface area contributed by atoms with E-state index in [4.69, 9.17) is 11.6 Å². The minimum absolute atomic E-state index is 0.338. The van der Waals surface area contributed by atoms with Gasteiger partial charge in [0.15, 0.2) is 0 Å². The van der Waals surface area contributed by atoms with Gasteiger partial charge in [0.05, 0.1) is 5.39 Å². The summed E-state index contributed by atoms with van der Waals surface area (Å²) in [6.45, 7) is 5.46. The van der Waals surface area contributed by atoms with Gasteiger partial charge in [-0.1, -0.05) is 0 Å². The lowest BCUT2D eigenvalue weighted by Crippen LogP contribution is -2.28. The molecular formula is C14H19ClN4S. The molecule has 4 nitrogen and oxygen atoms in total. The second kappa shape index (κ2) is 5.47. The first-order chi connectivity index (χ1) is 9.52. The molecule has 0 aliphatic carbocycles. The lowest BCUT2D eigenvalue weighted by Gasteiger charge is -2.22. The summed E-state index contributed by atoms with van der Waals surface area (Å²) in [5.74, 6) is 1.66. The van der Waals surface area contributed by atoms with E-state index in [2.05, 4.69) is 46.9 Å². The van der Waals surface area contributed by atoms with Crippen molar-refractivity contribution in [3.8, 4) is 0 Å². The Balaban J connectivity index is 1.88. The molecule has 0 radical (unpaired) electrons. The van der Waals surface area contributed by atoms with Crippen LogP contribution in [0.25, 0.3) is 10.2 Å². The van der Waals surface area contributed by atoms with Gasteiger partial charge in [-0.05, 0) is 50.5 Å². The molecule has 1 unspecified atom stereocenters. The van der Waals surface area contributed by atoms with Crippen LogP contribution in [0.5, 0.6) is 0 Å². The molecule has 3 heterocycles. The number of thiophene rings is 1. The van der Waals surface area contributed by atoms with Crippen LogP contribution in [0, 0.1) is 12.8 Å². The number of hydrogen-bond acceptors (Lipinski definition) is 5. The third kappa shape index (κ3) is 2.75. The number of hydrogen-bond donors (Lipinski definition) is 0. The van der Waals surface area contributed by atoms with Crippen LogP contribution < -0.4 is 4.90 Å². The molecule has 0 saturated carbocycles. The van der Waals surface area contributed by atoms with Crippen molar-refractivity contribution in [2.24, 2.45) is 5.92 Å². The van der Waals surface area contributed by atoms with Crippen molar-refractivity contribution >= 4 is 39.0 Å². The number of aromatic nitrogens is 2. The SMILES string of the molecule is Cc1cc2c(N(C)CC3CCN(C)C3)nc(Cl)nc2s1. The van der Waals surface area contributed by atoms with Crippen LogP contribution in [0.3, 0.4) is 0 Å². The molecule has 3 rings (SSSR count). The molecule has 1 saturated heterocycles. The molecule has 0 bridgehead atoms. The Morgan fingerprint density at radius 3 is 3.00 bits per heavy atom. The van der Waals surface area contributed by atoms with Gasteiger partial charge in [-0.25, -0.2) is 4.98 Å². The van der Waals surface area contributed by atoms with Crippen molar-refractivity contribution in [2.75, 3.05) is 38.6 Å². The molecule has 0 spiro atoms. The Morgan fingerprint density at radius 1 is 1.50 bits per heavy atom. The average Bonchev–Trinajstić information content (AvgIpc) is 2.93. The maximum atomic E-state index is 6.07. The molecule has 2 aromatic heterocycles. The molecular weight excluding hydrogens is 292 g/mol. The summed E-state index contributed by atoms with van der Waals surface area (Å²) in [5.41, 5.74) is 0. The van der Waals surface area contributed by atoms with Crippen LogP contribution in [0.2, 0.25) is 5.28 Å². The highest BCUT2D eigenvalue weighted by Gasteiger charge is 2.22. The van der Waals surface area contributed by atoms with Gasteiger partial charge in [-0.2, -0.15) is 4.98 Å². The standard InChI is InChI=1S/C14H19ClN4S/c1-9-6-11-12(16-14(15)17-13(11)20-9)19(3)8-10-4-5-18(2)7-10/h6,10H,4-5,7-8H2,1-3H3. The minimum atomic E-state index is 0.338. The summed E-state index contributed by atoms with van der Waals surface area (Å²) < 4.78 is 0. The van der Waals surface area contributed by atoms with E-state index >= 15 is 0 Å². The molecule has 1 atom stereocenters. The maximum absolute atomic E-state index is 6.07. The van der Waals surface area contributed by atoms with E-state index in [9.17, 15) is 0 Å². The van der Waals surface area contributed by atoms with Gasteiger partial charge in [-0.15, -0.1) is 11.3 Å². The van der Waals surface area contributed by atoms with Gasteiger partial charge >= 0.3 is 0 Å². The summed E-state index contributed by atoms with van der Waals surface area (Å²) in [4.78, 5) is 15.6. The highest BCUT2D eigenvalue weighted by atomic mass is 35.5. The average molecular weight is 311 g/mol. The zero-order valence-electron chi connectivity index (χ0n) is 12.1.